The maximum absolute atomic E-state index is 8.85. The van der Waals surface area contributed by atoms with E-state index in [1.807, 2.05) is 0 Å². The van der Waals surface area contributed by atoms with E-state index in [0.717, 1.165) is 18.8 Å². The smallest absolute Gasteiger partial charge is 0.147 e. The second-order valence-electron chi connectivity index (χ2n) is 5.19. The molecule has 0 unspecified atom stereocenters. The van der Waals surface area contributed by atoms with Crippen molar-refractivity contribution in [3.8, 4) is 6.07 Å². The Labute approximate surface area is 118 Å². The van der Waals surface area contributed by atoms with Crippen molar-refractivity contribution in [2.75, 3.05) is 24.7 Å². The van der Waals surface area contributed by atoms with Gasteiger partial charge in [-0.3, -0.25) is 0 Å². The first kappa shape index (κ1) is 14.1. The van der Waals surface area contributed by atoms with E-state index in [2.05, 4.69) is 29.8 Å². The molecule has 19 heavy (non-hydrogen) atoms. The van der Waals surface area contributed by atoms with Crippen LogP contribution in [0.3, 0.4) is 0 Å². The molecule has 0 radical (unpaired) electrons. The first-order chi connectivity index (χ1) is 9.11. The third-order valence-corrected chi connectivity index (χ3v) is 3.47. The van der Waals surface area contributed by atoms with Gasteiger partial charge in [-0.25, -0.2) is 4.98 Å². The summed E-state index contributed by atoms with van der Waals surface area (Å²) in [4.78, 5) is 6.55. The summed E-state index contributed by atoms with van der Waals surface area (Å²) in [5.41, 5.74) is 0.488. The molecule has 0 aliphatic carbocycles. The van der Waals surface area contributed by atoms with Crippen LogP contribution in [0.15, 0.2) is 12.3 Å². The third-order valence-electron chi connectivity index (χ3n) is 3.19. The Morgan fingerprint density at radius 1 is 1.63 bits per heavy atom. The zero-order valence-electron chi connectivity index (χ0n) is 11.3. The fourth-order valence-corrected chi connectivity index (χ4v) is 2.65. The number of nitrogens with zero attached hydrogens (tertiary/aromatic N) is 3. The second-order valence-corrected chi connectivity index (χ2v) is 5.60. The molecular formula is C14H18ClN3O. The number of rotatable bonds is 3. The van der Waals surface area contributed by atoms with E-state index < -0.39 is 0 Å². The van der Waals surface area contributed by atoms with Crippen LogP contribution in [-0.2, 0) is 4.74 Å². The lowest BCUT2D eigenvalue weighted by atomic mass is 10.0. The molecule has 0 saturated carbocycles. The average Bonchev–Trinajstić information content (AvgIpc) is 2.39. The van der Waals surface area contributed by atoms with Gasteiger partial charge in [0.2, 0.25) is 0 Å². The standard InChI is InChI=1S/C14H18ClN3O/c1-10(2)5-12-9-19-4-3-18(12)14-13(15)6-11(7-16)8-17-14/h6,8,10,12H,3-5,9H2,1-2H3/t12-/m0/s1. The molecule has 0 bridgehead atoms. The zero-order chi connectivity index (χ0) is 13.8. The van der Waals surface area contributed by atoms with Gasteiger partial charge < -0.3 is 9.64 Å². The van der Waals surface area contributed by atoms with E-state index in [-0.39, 0.29) is 0 Å². The summed E-state index contributed by atoms with van der Waals surface area (Å²) in [6, 6.07) is 4.02. The third kappa shape index (κ3) is 3.37. The number of hydrogen-bond acceptors (Lipinski definition) is 4. The number of hydrogen-bond donors (Lipinski definition) is 0. The van der Waals surface area contributed by atoms with Gasteiger partial charge in [-0.05, 0) is 18.4 Å². The van der Waals surface area contributed by atoms with E-state index in [4.69, 9.17) is 21.6 Å². The lowest BCUT2D eigenvalue weighted by Gasteiger charge is -2.37. The molecule has 4 nitrogen and oxygen atoms in total. The molecule has 1 atom stereocenters. The quantitative estimate of drug-likeness (QED) is 0.854. The minimum Gasteiger partial charge on any atom is -0.377 e. The summed E-state index contributed by atoms with van der Waals surface area (Å²) in [5, 5.41) is 9.39. The first-order valence-corrected chi connectivity index (χ1v) is 6.89. The van der Waals surface area contributed by atoms with Gasteiger partial charge in [0, 0.05) is 12.7 Å². The molecule has 5 heteroatoms. The molecule has 1 aromatic rings. The van der Waals surface area contributed by atoms with Crippen molar-refractivity contribution in [2.24, 2.45) is 5.92 Å². The van der Waals surface area contributed by atoms with Crippen LogP contribution in [0.5, 0.6) is 0 Å². The van der Waals surface area contributed by atoms with Crippen LogP contribution in [0.25, 0.3) is 0 Å². The number of pyridine rings is 1. The van der Waals surface area contributed by atoms with Crippen molar-refractivity contribution >= 4 is 17.4 Å². The zero-order valence-corrected chi connectivity index (χ0v) is 12.0. The summed E-state index contributed by atoms with van der Waals surface area (Å²) >= 11 is 6.25. The lowest BCUT2D eigenvalue weighted by molar-refractivity contribution is 0.0873. The van der Waals surface area contributed by atoms with Crippen molar-refractivity contribution in [3.63, 3.8) is 0 Å². The Balaban J connectivity index is 2.24. The van der Waals surface area contributed by atoms with Crippen molar-refractivity contribution in [2.45, 2.75) is 26.3 Å². The molecule has 102 valence electrons. The highest BCUT2D eigenvalue weighted by Crippen LogP contribution is 2.28. The highest BCUT2D eigenvalue weighted by Gasteiger charge is 2.26. The minimum atomic E-state index is 0.298. The van der Waals surface area contributed by atoms with Gasteiger partial charge in [0.1, 0.15) is 11.9 Å². The Morgan fingerprint density at radius 2 is 2.42 bits per heavy atom. The Morgan fingerprint density at radius 3 is 3.05 bits per heavy atom. The summed E-state index contributed by atoms with van der Waals surface area (Å²) in [6.07, 6.45) is 2.61. The average molecular weight is 280 g/mol. The fourth-order valence-electron chi connectivity index (χ4n) is 2.38. The van der Waals surface area contributed by atoms with Gasteiger partial charge in [0.05, 0.1) is 29.8 Å². The second kappa shape index (κ2) is 6.23. The van der Waals surface area contributed by atoms with Gasteiger partial charge in [-0.1, -0.05) is 25.4 Å². The van der Waals surface area contributed by atoms with Crippen LogP contribution in [-0.4, -0.2) is 30.8 Å². The van der Waals surface area contributed by atoms with Gasteiger partial charge in [0.25, 0.3) is 0 Å². The molecule has 0 amide bonds. The number of anilines is 1. The predicted molar refractivity (Wildman–Crippen MR) is 75.4 cm³/mol. The fraction of sp³-hybridized carbons (Fsp3) is 0.571. The minimum absolute atomic E-state index is 0.298. The molecule has 2 rings (SSSR count). The number of ether oxygens (including phenoxy) is 1. The highest BCUT2D eigenvalue weighted by atomic mass is 35.5. The van der Waals surface area contributed by atoms with Crippen molar-refractivity contribution in [1.29, 1.82) is 5.26 Å². The van der Waals surface area contributed by atoms with E-state index >= 15 is 0 Å². The van der Waals surface area contributed by atoms with Gasteiger partial charge >= 0.3 is 0 Å². The lowest BCUT2D eigenvalue weighted by Crippen LogP contribution is -2.46. The topological polar surface area (TPSA) is 49.1 Å². The summed E-state index contributed by atoms with van der Waals surface area (Å²) in [6.45, 7) is 6.57. The van der Waals surface area contributed by atoms with Gasteiger partial charge in [-0.2, -0.15) is 5.26 Å². The molecule has 1 fully saturated rings. The van der Waals surface area contributed by atoms with Crippen molar-refractivity contribution in [3.05, 3.63) is 22.8 Å². The van der Waals surface area contributed by atoms with Crippen LogP contribution < -0.4 is 4.90 Å². The maximum atomic E-state index is 8.85. The SMILES string of the molecule is CC(C)C[C@H]1COCCN1c1ncc(C#N)cc1Cl. The van der Waals surface area contributed by atoms with Crippen molar-refractivity contribution in [1.82, 2.24) is 4.98 Å². The van der Waals surface area contributed by atoms with Gasteiger partial charge in [-0.15, -0.1) is 0 Å². The summed E-state index contributed by atoms with van der Waals surface area (Å²) in [7, 11) is 0. The van der Waals surface area contributed by atoms with Crippen LogP contribution >= 0.6 is 11.6 Å². The number of aromatic nitrogens is 1. The molecule has 1 aliphatic heterocycles. The predicted octanol–water partition coefficient (Wildman–Crippen LogP) is 2.86. The molecule has 2 heterocycles. The molecule has 0 spiro atoms. The van der Waals surface area contributed by atoms with Crippen molar-refractivity contribution < 1.29 is 4.74 Å². The van der Waals surface area contributed by atoms with E-state index in [1.54, 1.807) is 12.3 Å². The monoisotopic (exact) mass is 279 g/mol. The summed E-state index contributed by atoms with van der Waals surface area (Å²) in [5.74, 6) is 1.35. The molecule has 0 N–H and O–H groups in total. The molecule has 1 aliphatic rings. The number of nitriles is 1. The van der Waals surface area contributed by atoms with E-state index in [0.29, 0.717) is 35.8 Å². The maximum Gasteiger partial charge on any atom is 0.147 e. The first-order valence-electron chi connectivity index (χ1n) is 6.52. The van der Waals surface area contributed by atoms with Crippen LogP contribution in [0.1, 0.15) is 25.8 Å². The van der Waals surface area contributed by atoms with Crippen LogP contribution in [0.2, 0.25) is 5.02 Å². The molecular weight excluding hydrogens is 262 g/mol. The van der Waals surface area contributed by atoms with E-state index in [9.17, 15) is 0 Å². The van der Waals surface area contributed by atoms with Gasteiger partial charge in [0.15, 0.2) is 0 Å². The Hall–Kier alpha value is -1.31. The van der Waals surface area contributed by atoms with Crippen LogP contribution in [0, 0.1) is 17.2 Å². The Bertz CT molecular complexity index is 484. The molecule has 0 aromatic carbocycles. The molecule has 1 aromatic heterocycles. The highest BCUT2D eigenvalue weighted by molar-refractivity contribution is 6.33. The molecule has 1 saturated heterocycles. The van der Waals surface area contributed by atoms with E-state index in [1.165, 1.54) is 0 Å². The Kier molecular flexibility index (Phi) is 4.62. The normalized spacial score (nSPS) is 19.5. The largest absolute Gasteiger partial charge is 0.377 e. The number of halogens is 1. The summed E-state index contributed by atoms with van der Waals surface area (Å²) < 4.78 is 5.55. The number of morpholine rings is 1. The van der Waals surface area contributed by atoms with Crippen LogP contribution in [0.4, 0.5) is 5.82 Å².